The molecule has 5 heteroatoms. The van der Waals surface area contributed by atoms with E-state index in [1.807, 2.05) is 6.07 Å². The highest BCUT2D eigenvalue weighted by Gasteiger charge is 2.39. The minimum absolute atomic E-state index is 0.549. The third-order valence-corrected chi connectivity index (χ3v) is 3.45. The molecule has 0 aromatic heterocycles. The van der Waals surface area contributed by atoms with Crippen molar-refractivity contribution in [1.82, 2.24) is 5.32 Å². The first kappa shape index (κ1) is 12.7. The van der Waals surface area contributed by atoms with Gasteiger partial charge in [0.25, 0.3) is 0 Å². The summed E-state index contributed by atoms with van der Waals surface area (Å²) in [7, 11) is 3.11. The summed E-state index contributed by atoms with van der Waals surface area (Å²) in [5, 5.41) is 12.4. The van der Waals surface area contributed by atoms with Gasteiger partial charge in [0.15, 0.2) is 11.5 Å². The number of fused-ring (bicyclic) bond motifs is 1. The van der Waals surface area contributed by atoms with Crippen LogP contribution in [0.1, 0.15) is 18.1 Å². The number of hydrogen-bond acceptors (Lipinski definition) is 4. The number of hydrogen-bond donors (Lipinski definition) is 2. The molecular formula is C13H17NO4. The number of rotatable bonds is 3. The molecule has 0 radical (unpaired) electrons. The summed E-state index contributed by atoms with van der Waals surface area (Å²) in [4.78, 5) is 11.5. The molecule has 0 bridgehead atoms. The van der Waals surface area contributed by atoms with E-state index in [2.05, 4.69) is 5.32 Å². The van der Waals surface area contributed by atoms with Gasteiger partial charge in [-0.15, -0.1) is 0 Å². The SMILES string of the molecule is COc1cc2c(cc1OC)C(C)(C(=O)O)NCC2. The van der Waals surface area contributed by atoms with E-state index in [9.17, 15) is 9.90 Å². The molecular weight excluding hydrogens is 234 g/mol. The number of carbonyl (C=O) groups is 1. The lowest BCUT2D eigenvalue weighted by Crippen LogP contribution is -2.50. The first-order valence-electron chi connectivity index (χ1n) is 5.76. The third-order valence-electron chi connectivity index (χ3n) is 3.45. The van der Waals surface area contributed by atoms with Gasteiger partial charge in [0.05, 0.1) is 14.2 Å². The van der Waals surface area contributed by atoms with Gasteiger partial charge in [-0.05, 0) is 36.6 Å². The number of methoxy groups -OCH3 is 2. The standard InChI is InChI=1S/C13H17NO4/c1-13(12(15)16)9-7-11(18-3)10(17-2)6-8(9)4-5-14-13/h6-7,14H,4-5H2,1-3H3,(H,15,16). The maximum Gasteiger partial charge on any atom is 0.328 e. The third kappa shape index (κ3) is 1.80. The zero-order chi connectivity index (χ0) is 13.3. The summed E-state index contributed by atoms with van der Waals surface area (Å²) < 4.78 is 10.5. The molecule has 1 aliphatic heterocycles. The van der Waals surface area contributed by atoms with E-state index in [1.54, 1.807) is 27.2 Å². The molecule has 2 rings (SSSR count). The maximum absolute atomic E-state index is 11.5. The van der Waals surface area contributed by atoms with Crippen LogP contribution >= 0.6 is 0 Å². The molecule has 0 fully saturated rings. The molecule has 1 atom stereocenters. The maximum atomic E-state index is 11.5. The molecule has 0 amide bonds. The average molecular weight is 251 g/mol. The van der Waals surface area contributed by atoms with Crippen molar-refractivity contribution in [3.63, 3.8) is 0 Å². The summed E-state index contributed by atoms with van der Waals surface area (Å²) in [5.41, 5.74) is 0.642. The van der Waals surface area contributed by atoms with Crippen molar-refractivity contribution < 1.29 is 19.4 Å². The minimum atomic E-state index is -1.08. The van der Waals surface area contributed by atoms with Gasteiger partial charge in [0.2, 0.25) is 0 Å². The van der Waals surface area contributed by atoms with E-state index in [1.165, 1.54) is 0 Å². The van der Waals surface area contributed by atoms with E-state index in [4.69, 9.17) is 9.47 Å². The van der Waals surface area contributed by atoms with Crippen molar-refractivity contribution in [1.29, 1.82) is 0 Å². The fraction of sp³-hybridized carbons (Fsp3) is 0.462. The number of nitrogens with one attached hydrogen (secondary N) is 1. The molecule has 0 aliphatic carbocycles. The normalized spacial score (nSPS) is 22.2. The van der Waals surface area contributed by atoms with E-state index in [0.717, 1.165) is 17.5 Å². The van der Waals surface area contributed by atoms with Crippen LogP contribution in [0.15, 0.2) is 12.1 Å². The second kappa shape index (κ2) is 4.49. The van der Waals surface area contributed by atoms with Crippen LogP contribution in [-0.4, -0.2) is 31.8 Å². The van der Waals surface area contributed by atoms with E-state index in [0.29, 0.717) is 18.0 Å². The van der Waals surface area contributed by atoms with Crippen LogP contribution in [-0.2, 0) is 16.8 Å². The van der Waals surface area contributed by atoms with E-state index in [-0.39, 0.29) is 0 Å². The predicted octanol–water partition coefficient (Wildman–Crippen LogP) is 1.15. The lowest BCUT2D eigenvalue weighted by atomic mass is 9.83. The van der Waals surface area contributed by atoms with Crippen molar-refractivity contribution in [2.24, 2.45) is 0 Å². The molecule has 0 saturated carbocycles. The van der Waals surface area contributed by atoms with Crippen molar-refractivity contribution in [2.45, 2.75) is 18.9 Å². The van der Waals surface area contributed by atoms with Gasteiger partial charge in [0, 0.05) is 6.54 Å². The molecule has 1 aromatic carbocycles. The summed E-state index contributed by atoms with van der Waals surface area (Å²) in [6, 6.07) is 3.60. The number of ether oxygens (including phenoxy) is 2. The Hall–Kier alpha value is -1.75. The Morgan fingerprint density at radius 3 is 2.50 bits per heavy atom. The Morgan fingerprint density at radius 1 is 1.33 bits per heavy atom. The zero-order valence-corrected chi connectivity index (χ0v) is 10.7. The Kier molecular flexibility index (Phi) is 3.17. The lowest BCUT2D eigenvalue weighted by Gasteiger charge is -2.34. The average Bonchev–Trinajstić information content (AvgIpc) is 2.37. The molecule has 1 aromatic rings. The largest absolute Gasteiger partial charge is 0.493 e. The quantitative estimate of drug-likeness (QED) is 0.843. The molecule has 0 saturated heterocycles. The van der Waals surface area contributed by atoms with E-state index >= 15 is 0 Å². The van der Waals surface area contributed by atoms with Crippen LogP contribution in [0.3, 0.4) is 0 Å². The van der Waals surface area contributed by atoms with Gasteiger partial charge >= 0.3 is 5.97 Å². The molecule has 2 N–H and O–H groups in total. The van der Waals surface area contributed by atoms with Crippen molar-refractivity contribution in [3.05, 3.63) is 23.3 Å². The highest BCUT2D eigenvalue weighted by atomic mass is 16.5. The van der Waals surface area contributed by atoms with Gasteiger partial charge in [0.1, 0.15) is 5.54 Å². The van der Waals surface area contributed by atoms with Crippen LogP contribution in [0, 0.1) is 0 Å². The lowest BCUT2D eigenvalue weighted by molar-refractivity contribution is -0.144. The van der Waals surface area contributed by atoms with Gasteiger partial charge < -0.3 is 14.6 Å². The van der Waals surface area contributed by atoms with Crippen molar-refractivity contribution in [2.75, 3.05) is 20.8 Å². The fourth-order valence-corrected chi connectivity index (χ4v) is 2.33. The first-order valence-corrected chi connectivity index (χ1v) is 5.76. The Labute approximate surface area is 106 Å². The summed E-state index contributed by atoms with van der Waals surface area (Å²) in [5.74, 6) is 0.286. The van der Waals surface area contributed by atoms with Crippen LogP contribution < -0.4 is 14.8 Å². The first-order chi connectivity index (χ1) is 8.52. The van der Waals surface area contributed by atoms with Crippen LogP contribution in [0.5, 0.6) is 11.5 Å². The number of benzene rings is 1. The van der Waals surface area contributed by atoms with Crippen molar-refractivity contribution in [3.8, 4) is 11.5 Å². The van der Waals surface area contributed by atoms with Gasteiger partial charge in [-0.25, -0.2) is 4.79 Å². The highest BCUT2D eigenvalue weighted by Crippen LogP contribution is 2.37. The monoisotopic (exact) mass is 251 g/mol. The molecule has 98 valence electrons. The van der Waals surface area contributed by atoms with E-state index < -0.39 is 11.5 Å². The highest BCUT2D eigenvalue weighted by molar-refractivity contribution is 5.81. The minimum Gasteiger partial charge on any atom is -0.493 e. The van der Waals surface area contributed by atoms with Crippen LogP contribution in [0.2, 0.25) is 0 Å². The molecule has 1 aliphatic rings. The Morgan fingerprint density at radius 2 is 1.94 bits per heavy atom. The Balaban J connectivity index is 2.61. The van der Waals surface area contributed by atoms with Gasteiger partial charge in [-0.3, -0.25) is 5.32 Å². The molecule has 18 heavy (non-hydrogen) atoms. The smallest absolute Gasteiger partial charge is 0.328 e. The van der Waals surface area contributed by atoms with Gasteiger partial charge in [-0.2, -0.15) is 0 Å². The molecule has 1 heterocycles. The van der Waals surface area contributed by atoms with Gasteiger partial charge in [-0.1, -0.05) is 0 Å². The molecule has 1 unspecified atom stereocenters. The summed E-state index contributed by atoms with van der Waals surface area (Å²) in [6.45, 7) is 2.30. The van der Waals surface area contributed by atoms with Crippen molar-refractivity contribution >= 4 is 5.97 Å². The zero-order valence-electron chi connectivity index (χ0n) is 10.7. The number of aliphatic carboxylic acids is 1. The summed E-state index contributed by atoms with van der Waals surface area (Å²) in [6.07, 6.45) is 0.776. The number of carboxylic acids is 1. The topological polar surface area (TPSA) is 67.8 Å². The summed E-state index contributed by atoms with van der Waals surface area (Å²) >= 11 is 0. The van der Waals surface area contributed by atoms with Crippen LogP contribution in [0.25, 0.3) is 0 Å². The second-order valence-corrected chi connectivity index (χ2v) is 4.47. The second-order valence-electron chi connectivity index (χ2n) is 4.47. The Bertz CT molecular complexity index is 486. The number of carboxylic acid groups (broad SMARTS) is 1. The molecule has 5 nitrogen and oxygen atoms in total. The molecule has 0 spiro atoms. The van der Waals surface area contributed by atoms with Crippen LogP contribution in [0.4, 0.5) is 0 Å². The fourth-order valence-electron chi connectivity index (χ4n) is 2.33. The predicted molar refractivity (Wildman–Crippen MR) is 66.2 cm³/mol.